The molecule has 138 valence electrons. The highest BCUT2D eigenvalue weighted by molar-refractivity contribution is 7.49. The van der Waals surface area contributed by atoms with E-state index in [1.54, 1.807) is 0 Å². The molecule has 8 heteroatoms. The van der Waals surface area contributed by atoms with E-state index < -0.39 is 8.30 Å². The van der Waals surface area contributed by atoms with Crippen molar-refractivity contribution in [1.29, 1.82) is 5.26 Å². The third kappa shape index (κ3) is 6.26. The van der Waals surface area contributed by atoms with Gasteiger partial charge in [0.2, 0.25) is 0 Å². The molecule has 5 atom stereocenters. The van der Waals surface area contributed by atoms with E-state index in [-0.39, 0.29) is 38.0 Å². The van der Waals surface area contributed by atoms with Gasteiger partial charge in [-0.3, -0.25) is 4.67 Å². The maximum Gasteiger partial charge on any atom is 0.147 e. The first-order chi connectivity index (χ1) is 11.8. The van der Waals surface area contributed by atoms with Crippen LogP contribution >= 0.6 is 8.30 Å². The lowest BCUT2D eigenvalue weighted by Gasteiger charge is -2.37. The Morgan fingerprint density at radius 3 is 2.54 bits per heavy atom. The molecule has 24 heavy (non-hydrogen) atoms. The van der Waals surface area contributed by atoms with E-state index >= 15 is 0 Å². The smallest absolute Gasteiger partial charge is 0.147 e. The standard InChI is InChI=1S/C16H32BN2O4P/c1-11(2)19(12(3)4)24(6)23-14-13(5)22-16(17)15(14)21-10-20-9-7-8-18/h11-16H,7,9-10,17H2,1-6H3/t13-,14+,15?,16-,24?/m1/s1/i5D. The second-order valence-corrected chi connectivity index (χ2v) is 8.15. The molecule has 1 heterocycles. The Morgan fingerprint density at radius 2 is 2.00 bits per heavy atom. The summed E-state index contributed by atoms with van der Waals surface area (Å²) >= 11 is 0. The highest BCUT2D eigenvalue weighted by Gasteiger charge is 2.43. The van der Waals surface area contributed by atoms with Gasteiger partial charge in [-0.15, -0.1) is 0 Å². The molecular formula is C16H32BN2O4P. The third-order valence-electron chi connectivity index (χ3n) is 3.90. The van der Waals surface area contributed by atoms with Crippen LogP contribution in [0, 0.1) is 11.3 Å². The fourth-order valence-electron chi connectivity index (χ4n) is 3.05. The number of rotatable bonds is 10. The third-order valence-corrected chi connectivity index (χ3v) is 6.02. The highest BCUT2D eigenvalue weighted by Crippen LogP contribution is 2.45. The molecule has 1 saturated heterocycles. The first-order valence-corrected chi connectivity index (χ1v) is 10.2. The molecule has 0 spiro atoms. The van der Waals surface area contributed by atoms with Crippen LogP contribution in [0.25, 0.3) is 0 Å². The number of hydrogen-bond donors (Lipinski definition) is 0. The fourth-order valence-corrected chi connectivity index (χ4v) is 5.07. The van der Waals surface area contributed by atoms with E-state index in [4.69, 9.17) is 25.4 Å². The lowest BCUT2D eigenvalue weighted by molar-refractivity contribution is -0.111. The van der Waals surface area contributed by atoms with Crippen LogP contribution < -0.4 is 0 Å². The molecule has 0 bridgehead atoms. The van der Waals surface area contributed by atoms with Gasteiger partial charge >= 0.3 is 0 Å². The summed E-state index contributed by atoms with van der Waals surface area (Å²) in [5.74, 6) is 0. The first-order valence-electron chi connectivity index (χ1n) is 9.23. The molecule has 0 radical (unpaired) electrons. The maximum atomic E-state index is 8.53. The van der Waals surface area contributed by atoms with Crippen LogP contribution in [0.4, 0.5) is 0 Å². The van der Waals surface area contributed by atoms with Crippen LogP contribution in [-0.2, 0) is 18.7 Å². The van der Waals surface area contributed by atoms with E-state index in [0.29, 0.717) is 25.1 Å². The molecule has 1 aliphatic rings. The molecule has 1 fully saturated rings. The Bertz CT molecular complexity index is 419. The number of ether oxygens (including phenoxy) is 3. The van der Waals surface area contributed by atoms with Crippen molar-refractivity contribution >= 4 is 16.1 Å². The predicted octanol–water partition coefficient (Wildman–Crippen LogP) is 2.08. The summed E-state index contributed by atoms with van der Waals surface area (Å²) in [5, 5.41) is 8.53. The van der Waals surface area contributed by atoms with Gasteiger partial charge < -0.3 is 18.7 Å². The van der Waals surface area contributed by atoms with Crippen molar-refractivity contribution < 1.29 is 20.1 Å². The van der Waals surface area contributed by atoms with Gasteiger partial charge in [-0.25, -0.2) is 0 Å². The Morgan fingerprint density at radius 1 is 1.33 bits per heavy atom. The van der Waals surface area contributed by atoms with E-state index in [1.165, 1.54) is 0 Å². The molecule has 0 saturated carbocycles. The van der Waals surface area contributed by atoms with Crippen molar-refractivity contribution in [2.45, 2.75) is 77.4 Å². The molecule has 1 aliphatic heterocycles. The topological polar surface area (TPSA) is 64.0 Å². The summed E-state index contributed by atoms with van der Waals surface area (Å²) in [6.45, 7) is 11.3. The van der Waals surface area contributed by atoms with Crippen LogP contribution in [0.1, 0.15) is 42.4 Å². The monoisotopic (exact) mass is 359 g/mol. The zero-order valence-corrected chi connectivity index (χ0v) is 16.7. The van der Waals surface area contributed by atoms with Crippen molar-refractivity contribution in [1.82, 2.24) is 4.67 Å². The minimum absolute atomic E-state index is 0.102. The van der Waals surface area contributed by atoms with Gasteiger partial charge in [-0.05, 0) is 41.3 Å². The quantitative estimate of drug-likeness (QED) is 0.258. The SMILES string of the molecule is [2H]C[C@H]1O[C@@H](B)C(OCOCCC#N)[C@H]1OP(C)N(C(C)C)C(C)C. The maximum absolute atomic E-state index is 8.53. The first kappa shape index (κ1) is 20.1. The van der Waals surface area contributed by atoms with E-state index in [2.05, 4.69) is 39.0 Å². The number of hydrogen-bond acceptors (Lipinski definition) is 6. The summed E-state index contributed by atoms with van der Waals surface area (Å²) in [7, 11) is 1.11. The van der Waals surface area contributed by atoms with Crippen molar-refractivity contribution in [3.63, 3.8) is 0 Å². The summed E-state index contributed by atoms with van der Waals surface area (Å²) in [6.07, 6.45) is -0.523. The Labute approximate surface area is 150 Å². The van der Waals surface area contributed by atoms with E-state index in [0.717, 1.165) is 0 Å². The zero-order valence-electron chi connectivity index (χ0n) is 16.8. The molecule has 0 aliphatic carbocycles. The van der Waals surface area contributed by atoms with E-state index in [1.807, 2.05) is 13.9 Å². The zero-order chi connectivity index (χ0) is 19.0. The molecule has 2 unspecified atom stereocenters. The molecule has 1 rings (SSSR count). The average molecular weight is 359 g/mol. The summed E-state index contributed by atoms with van der Waals surface area (Å²) in [4.78, 5) is 0. The number of nitriles is 1. The molecule has 0 aromatic rings. The summed E-state index contributed by atoms with van der Waals surface area (Å²) in [6, 6.07) is 2.62. The van der Waals surface area contributed by atoms with Gasteiger partial charge in [0, 0.05) is 13.5 Å². The van der Waals surface area contributed by atoms with Gasteiger partial charge in [-0.1, -0.05) is 0 Å². The van der Waals surface area contributed by atoms with Gasteiger partial charge in [0.25, 0.3) is 0 Å². The molecular weight excluding hydrogens is 326 g/mol. The lowest BCUT2D eigenvalue weighted by atomic mass is 9.93. The largest absolute Gasteiger partial charge is 0.379 e. The van der Waals surface area contributed by atoms with Gasteiger partial charge in [0.1, 0.15) is 35.1 Å². The molecule has 0 aromatic heterocycles. The van der Waals surface area contributed by atoms with Crippen molar-refractivity contribution in [2.75, 3.05) is 20.1 Å². The van der Waals surface area contributed by atoms with Crippen LogP contribution in [0.2, 0.25) is 0 Å². The average Bonchev–Trinajstić information content (AvgIpc) is 2.82. The van der Waals surface area contributed by atoms with Gasteiger partial charge in [-0.2, -0.15) is 5.26 Å². The molecule has 0 N–H and O–H groups in total. The van der Waals surface area contributed by atoms with Crippen molar-refractivity contribution in [3.05, 3.63) is 0 Å². The van der Waals surface area contributed by atoms with Crippen LogP contribution in [0.3, 0.4) is 0 Å². The fraction of sp³-hybridized carbons (Fsp3) is 0.938. The normalized spacial score (nSPS) is 29.2. The van der Waals surface area contributed by atoms with Crippen molar-refractivity contribution in [2.24, 2.45) is 0 Å². The second kappa shape index (κ2) is 10.7. The Hall–Kier alpha value is -0.215. The Kier molecular flexibility index (Phi) is 8.96. The highest BCUT2D eigenvalue weighted by atomic mass is 31.2. The summed E-state index contributed by atoms with van der Waals surface area (Å²) < 4.78 is 33.5. The van der Waals surface area contributed by atoms with E-state index in [9.17, 15) is 0 Å². The van der Waals surface area contributed by atoms with Crippen LogP contribution in [-0.4, -0.2) is 69.0 Å². The van der Waals surface area contributed by atoms with Crippen LogP contribution in [0.5, 0.6) is 0 Å². The molecule has 6 nitrogen and oxygen atoms in total. The molecule has 0 aromatic carbocycles. The minimum atomic E-state index is -0.830. The lowest BCUT2D eigenvalue weighted by Crippen LogP contribution is -2.39. The molecule has 0 amide bonds. The summed E-state index contributed by atoms with van der Waals surface area (Å²) in [5.41, 5.74) is 0. The minimum Gasteiger partial charge on any atom is -0.379 e. The second-order valence-electron chi connectivity index (χ2n) is 6.55. The van der Waals surface area contributed by atoms with Crippen molar-refractivity contribution in [3.8, 4) is 6.07 Å². The number of nitrogens with zero attached hydrogens (tertiary/aromatic N) is 2. The predicted molar refractivity (Wildman–Crippen MR) is 98.6 cm³/mol. The Balaban J connectivity index is 2.71. The van der Waals surface area contributed by atoms with Crippen LogP contribution in [0.15, 0.2) is 0 Å². The van der Waals surface area contributed by atoms with Gasteiger partial charge in [0.05, 0.1) is 31.2 Å². The van der Waals surface area contributed by atoms with Gasteiger partial charge in [0.15, 0.2) is 0 Å².